The number of aromatic nitrogens is 1. The van der Waals surface area contributed by atoms with Crippen LogP contribution < -0.4 is 5.43 Å². The summed E-state index contributed by atoms with van der Waals surface area (Å²) in [5, 5.41) is 8.88. The van der Waals surface area contributed by atoms with Gasteiger partial charge in [0, 0.05) is 11.5 Å². The SMILES string of the molecule is Cc1cc(F)c2[nH]c(C(=O)O)cc(=O)c2c1. The van der Waals surface area contributed by atoms with Gasteiger partial charge in [-0.15, -0.1) is 0 Å². The Bertz CT molecular complexity index is 645. The molecule has 0 bridgehead atoms. The van der Waals surface area contributed by atoms with Crippen LogP contribution >= 0.6 is 0 Å². The van der Waals surface area contributed by atoms with Crippen molar-refractivity contribution in [3.05, 3.63) is 45.5 Å². The number of carboxylic acid groups (broad SMARTS) is 1. The van der Waals surface area contributed by atoms with Gasteiger partial charge in [0.15, 0.2) is 5.43 Å². The van der Waals surface area contributed by atoms with Gasteiger partial charge in [-0.2, -0.15) is 0 Å². The van der Waals surface area contributed by atoms with Crippen molar-refractivity contribution in [1.29, 1.82) is 0 Å². The minimum absolute atomic E-state index is 0.0736. The average Bonchev–Trinajstić information content (AvgIpc) is 2.19. The number of hydrogen-bond donors (Lipinski definition) is 2. The zero-order valence-electron chi connectivity index (χ0n) is 8.37. The normalized spacial score (nSPS) is 10.6. The Kier molecular flexibility index (Phi) is 2.23. The molecular weight excluding hydrogens is 213 g/mol. The van der Waals surface area contributed by atoms with Gasteiger partial charge in [0.25, 0.3) is 0 Å². The first kappa shape index (κ1) is 10.4. The average molecular weight is 221 g/mol. The van der Waals surface area contributed by atoms with Crippen LogP contribution in [0, 0.1) is 12.7 Å². The molecule has 0 aliphatic rings. The summed E-state index contributed by atoms with van der Waals surface area (Å²) >= 11 is 0. The summed E-state index contributed by atoms with van der Waals surface area (Å²) in [6, 6.07) is 3.70. The predicted octanol–water partition coefficient (Wildman–Crippen LogP) is 1.67. The molecule has 82 valence electrons. The van der Waals surface area contributed by atoms with Crippen molar-refractivity contribution in [2.75, 3.05) is 0 Å². The number of aromatic carboxylic acids is 1. The van der Waals surface area contributed by atoms with Crippen LogP contribution in [-0.2, 0) is 0 Å². The third kappa shape index (κ3) is 1.56. The van der Waals surface area contributed by atoms with E-state index >= 15 is 0 Å². The highest BCUT2D eigenvalue weighted by Gasteiger charge is 2.11. The first-order valence-electron chi connectivity index (χ1n) is 4.55. The summed E-state index contributed by atoms with van der Waals surface area (Å²) < 4.78 is 13.5. The second-order valence-electron chi connectivity index (χ2n) is 3.52. The lowest BCUT2D eigenvalue weighted by atomic mass is 10.1. The van der Waals surface area contributed by atoms with Gasteiger partial charge in [-0.1, -0.05) is 0 Å². The monoisotopic (exact) mass is 221 g/mol. The molecule has 1 heterocycles. The minimum atomic E-state index is -1.29. The van der Waals surface area contributed by atoms with Crippen LogP contribution in [0.25, 0.3) is 10.9 Å². The van der Waals surface area contributed by atoms with Crippen LogP contribution in [0.5, 0.6) is 0 Å². The number of hydrogen-bond acceptors (Lipinski definition) is 2. The zero-order valence-corrected chi connectivity index (χ0v) is 8.37. The molecule has 0 spiro atoms. The summed E-state index contributed by atoms with van der Waals surface area (Å²) in [5.41, 5.74) is -0.289. The molecule has 0 amide bonds. The van der Waals surface area contributed by atoms with E-state index < -0.39 is 17.2 Å². The predicted molar refractivity (Wildman–Crippen MR) is 56.2 cm³/mol. The first-order chi connectivity index (χ1) is 7.49. The molecule has 2 aromatic rings. The fourth-order valence-electron chi connectivity index (χ4n) is 1.56. The Labute approximate surface area is 89.3 Å². The molecule has 1 aromatic carbocycles. The molecule has 2 N–H and O–H groups in total. The van der Waals surface area contributed by atoms with E-state index in [0.29, 0.717) is 5.56 Å². The van der Waals surface area contributed by atoms with E-state index in [2.05, 4.69) is 4.98 Å². The van der Waals surface area contributed by atoms with Gasteiger partial charge in [-0.05, 0) is 24.6 Å². The summed E-state index contributed by atoms with van der Waals surface area (Å²) in [6.45, 7) is 1.66. The molecule has 5 heteroatoms. The third-order valence-electron chi connectivity index (χ3n) is 2.27. The first-order valence-corrected chi connectivity index (χ1v) is 4.55. The van der Waals surface area contributed by atoms with E-state index in [9.17, 15) is 14.0 Å². The second kappa shape index (κ2) is 3.44. The molecule has 0 fully saturated rings. The molecule has 0 radical (unpaired) electrons. The van der Waals surface area contributed by atoms with E-state index in [4.69, 9.17) is 5.11 Å². The van der Waals surface area contributed by atoms with Gasteiger partial charge < -0.3 is 10.1 Å². The van der Waals surface area contributed by atoms with Gasteiger partial charge in [0.05, 0.1) is 5.52 Å². The van der Waals surface area contributed by atoms with E-state index in [-0.39, 0.29) is 16.6 Å². The Hall–Kier alpha value is -2.17. The lowest BCUT2D eigenvalue weighted by Gasteiger charge is -2.03. The maximum Gasteiger partial charge on any atom is 0.352 e. The highest BCUT2D eigenvalue weighted by atomic mass is 19.1. The molecule has 0 saturated carbocycles. The molecular formula is C11H8FNO3. The number of rotatable bonds is 1. The Morgan fingerprint density at radius 1 is 1.38 bits per heavy atom. The number of pyridine rings is 1. The molecule has 2 rings (SSSR count). The zero-order chi connectivity index (χ0) is 11.9. The maximum atomic E-state index is 13.5. The van der Waals surface area contributed by atoms with E-state index in [0.717, 1.165) is 6.07 Å². The van der Waals surface area contributed by atoms with E-state index in [1.165, 1.54) is 12.1 Å². The van der Waals surface area contributed by atoms with Crippen LogP contribution in [0.2, 0.25) is 0 Å². The van der Waals surface area contributed by atoms with Gasteiger partial charge in [-0.25, -0.2) is 9.18 Å². The van der Waals surface area contributed by atoms with Crippen molar-refractivity contribution >= 4 is 16.9 Å². The van der Waals surface area contributed by atoms with Gasteiger partial charge in [0.2, 0.25) is 0 Å². The number of H-pyrrole nitrogens is 1. The molecule has 0 aliphatic carbocycles. The summed E-state index contributed by atoms with van der Waals surface area (Å²) in [4.78, 5) is 24.6. The molecule has 0 saturated heterocycles. The van der Waals surface area contributed by atoms with E-state index in [1.807, 2.05) is 0 Å². The van der Waals surface area contributed by atoms with Crippen LogP contribution in [0.4, 0.5) is 4.39 Å². The Morgan fingerprint density at radius 2 is 2.06 bits per heavy atom. The third-order valence-corrected chi connectivity index (χ3v) is 2.27. The fraction of sp³-hybridized carbons (Fsp3) is 0.0909. The summed E-state index contributed by atoms with van der Waals surface area (Å²) in [6.07, 6.45) is 0. The molecule has 0 atom stereocenters. The number of benzene rings is 1. The van der Waals surface area contributed by atoms with Crippen LogP contribution in [0.1, 0.15) is 16.1 Å². The summed E-state index contributed by atoms with van der Waals surface area (Å²) in [5.74, 6) is -1.92. The van der Waals surface area contributed by atoms with Crippen molar-refractivity contribution < 1.29 is 14.3 Å². The van der Waals surface area contributed by atoms with E-state index in [1.54, 1.807) is 6.92 Å². The highest BCUT2D eigenvalue weighted by Crippen LogP contribution is 2.15. The summed E-state index contributed by atoms with van der Waals surface area (Å²) in [7, 11) is 0. The molecule has 0 aliphatic heterocycles. The molecule has 1 aromatic heterocycles. The van der Waals surface area contributed by atoms with Crippen molar-refractivity contribution in [3.63, 3.8) is 0 Å². The maximum absolute atomic E-state index is 13.5. The number of fused-ring (bicyclic) bond motifs is 1. The molecule has 0 unspecified atom stereocenters. The smallest absolute Gasteiger partial charge is 0.352 e. The number of nitrogens with one attached hydrogen (secondary N) is 1. The Morgan fingerprint density at radius 3 is 2.69 bits per heavy atom. The van der Waals surface area contributed by atoms with Crippen molar-refractivity contribution in [2.24, 2.45) is 0 Å². The highest BCUT2D eigenvalue weighted by molar-refractivity contribution is 5.89. The Balaban J connectivity index is 2.93. The van der Waals surface area contributed by atoms with Gasteiger partial charge in [-0.3, -0.25) is 4.79 Å². The topological polar surface area (TPSA) is 70.2 Å². The van der Waals surface area contributed by atoms with Crippen LogP contribution in [-0.4, -0.2) is 16.1 Å². The molecule has 4 nitrogen and oxygen atoms in total. The quantitative estimate of drug-likeness (QED) is 0.769. The van der Waals surface area contributed by atoms with Crippen LogP contribution in [0.15, 0.2) is 23.0 Å². The lowest BCUT2D eigenvalue weighted by Crippen LogP contribution is -2.10. The second-order valence-corrected chi connectivity index (χ2v) is 3.52. The largest absolute Gasteiger partial charge is 0.477 e. The van der Waals surface area contributed by atoms with Crippen molar-refractivity contribution in [1.82, 2.24) is 4.98 Å². The van der Waals surface area contributed by atoms with Crippen molar-refractivity contribution in [2.45, 2.75) is 6.92 Å². The minimum Gasteiger partial charge on any atom is -0.477 e. The van der Waals surface area contributed by atoms with Crippen molar-refractivity contribution in [3.8, 4) is 0 Å². The number of carbonyl (C=O) groups is 1. The molecule has 16 heavy (non-hydrogen) atoms. The standard InChI is InChI=1S/C11H8FNO3/c1-5-2-6-9(14)4-8(11(15)16)13-10(6)7(12)3-5/h2-4H,1H3,(H,13,14)(H,15,16). The fourth-order valence-corrected chi connectivity index (χ4v) is 1.56. The number of aromatic amines is 1. The number of carboxylic acids is 1. The van der Waals surface area contributed by atoms with Gasteiger partial charge >= 0.3 is 5.97 Å². The number of halogens is 1. The number of aryl methyl sites for hydroxylation is 1. The lowest BCUT2D eigenvalue weighted by molar-refractivity contribution is 0.0691. The van der Waals surface area contributed by atoms with Crippen LogP contribution in [0.3, 0.4) is 0 Å². The van der Waals surface area contributed by atoms with Gasteiger partial charge in [0.1, 0.15) is 11.5 Å².